The van der Waals surface area contributed by atoms with Crippen molar-refractivity contribution in [1.29, 1.82) is 0 Å². The van der Waals surface area contributed by atoms with E-state index in [9.17, 15) is 0 Å². The SMILES string of the molecule is CCCOC(N)(C[NH])OCC. The van der Waals surface area contributed by atoms with Crippen LogP contribution in [0.1, 0.15) is 20.3 Å². The Hall–Kier alpha value is -0.160. The van der Waals surface area contributed by atoms with Crippen molar-refractivity contribution in [1.82, 2.24) is 5.73 Å². The van der Waals surface area contributed by atoms with E-state index in [-0.39, 0.29) is 6.54 Å². The molecule has 0 aliphatic carbocycles. The zero-order valence-corrected chi connectivity index (χ0v) is 7.22. The molecule has 0 aromatic heterocycles. The predicted octanol–water partition coefficient (Wildman–Crippen LogP) is 0.345. The van der Waals surface area contributed by atoms with E-state index in [1.54, 1.807) is 0 Å². The maximum atomic E-state index is 7.06. The largest absolute Gasteiger partial charge is 0.337 e. The van der Waals surface area contributed by atoms with Crippen molar-refractivity contribution < 1.29 is 9.47 Å². The summed E-state index contributed by atoms with van der Waals surface area (Å²) in [7, 11) is 0. The Morgan fingerprint density at radius 1 is 1.36 bits per heavy atom. The van der Waals surface area contributed by atoms with Crippen LogP contribution in [0.3, 0.4) is 0 Å². The second-order valence-corrected chi connectivity index (χ2v) is 2.27. The number of nitrogens with two attached hydrogens (primary N) is 1. The average Bonchev–Trinajstić information content (AvgIpc) is 2.02. The molecular weight excluding hydrogens is 144 g/mol. The summed E-state index contributed by atoms with van der Waals surface area (Å²) in [4.78, 5) is 0. The molecule has 0 bridgehead atoms. The summed E-state index contributed by atoms with van der Waals surface area (Å²) in [6, 6.07) is 0. The third-order valence-electron chi connectivity index (χ3n) is 1.19. The van der Waals surface area contributed by atoms with Crippen LogP contribution in [-0.2, 0) is 9.47 Å². The van der Waals surface area contributed by atoms with Crippen molar-refractivity contribution in [3.8, 4) is 0 Å². The Morgan fingerprint density at radius 2 is 2.00 bits per heavy atom. The van der Waals surface area contributed by atoms with Gasteiger partial charge in [0.05, 0.1) is 13.2 Å². The van der Waals surface area contributed by atoms with Crippen molar-refractivity contribution in [2.24, 2.45) is 5.73 Å². The van der Waals surface area contributed by atoms with Gasteiger partial charge in [-0.05, 0) is 13.3 Å². The quantitative estimate of drug-likeness (QED) is 0.571. The van der Waals surface area contributed by atoms with E-state index in [1.165, 1.54) is 0 Å². The lowest BCUT2D eigenvalue weighted by Gasteiger charge is -2.26. The fourth-order valence-corrected chi connectivity index (χ4v) is 0.663. The summed E-state index contributed by atoms with van der Waals surface area (Å²) in [5.74, 6) is -1.19. The third-order valence-corrected chi connectivity index (χ3v) is 1.19. The van der Waals surface area contributed by atoms with Crippen LogP contribution >= 0.6 is 0 Å². The van der Waals surface area contributed by atoms with Crippen molar-refractivity contribution >= 4 is 0 Å². The van der Waals surface area contributed by atoms with Crippen LogP contribution in [0, 0.1) is 0 Å². The van der Waals surface area contributed by atoms with Gasteiger partial charge < -0.3 is 9.47 Å². The van der Waals surface area contributed by atoms with Crippen LogP contribution in [0.25, 0.3) is 0 Å². The first-order chi connectivity index (χ1) is 5.18. The van der Waals surface area contributed by atoms with Gasteiger partial charge in [-0.15, -0.1) is 0 Å². The normalized spacial score (nSPS) is 16.4. The number of hydrogen-bond donors (Lipinski definition) is 1. The van der Waals surface area contributed by atoms with E-state index in [0.29, 0.717) is 13.2 Å². The highest BCUT2D eigenvalue weighted by atomic mass is 16.7. The fourth-order valence-electron chi connectivity index (χ4n) is 0.663. The van der Waals surface area contributed by atoms with Crippen molar-refractivity contribution in [2.75, 3.05) is 19.8 Å². The lowest BCUT2D eigenvalue weighted by Crippen LogP contribution is -2.49. The molecule has 0 rings (SSSR count). The highest BCUT2D eigenvalue weighted by Crippen LogP contribution is 2.04. The minimum atomic E-state index is -1.19. The molecule has 4 nitrogen and oxygen atoms in total. The van der Waals surface area contributed by atoms with Gasteiger partial charge in [-0.3, -0.25) is 11.5 Å². The van der Waals surface area contributed by atoms with Crippen LogP contribution in [0.2, 0.25) is 0 Å². The van der Waals surface area contributed by atoms with Gasteiger partial charge in [0, 0.05) is 6.61 Å². The van der Waals surface area contributed by atoms with E-state index in [1.807, 2.05) is 13.8 Å². The van der Waals surface area contributed by atoms with Crippen LogP contribution in [0.5, 0.6) is 0 Å². The van der Waals surface area contributed by atoms with Gasteiger partial charge in [-0.2, -0.15) is 0 Å². The smallest absolute Gasteiger partial charge is 0.239 e. The minimum Gasteiger partial charge on any atom is -0.337 e. The van der Waals surface area contributed by atoms with Crippen LogP contribution in [0.15, 0.2) is 0 Å². The molecule has 11 heavy (non-hydrogen) atoms. The Kier molecular flexibility index (Phi) is 5.41. The van der Waals surface area contributed by atoms with Gasteiger partial charge in [0.25, 0.3) is 0 Å². The molecule has 1 unspecified atom stereocenters. The van der Waals surface area contributed by atoms with E-state index in [4.69, 9.17) is 20.9 Å². The molecule has 0 saturated heterocycles. The Bertz CT molecular complexity index is 100. The van der Waals surface area contributed by atoms with E-state index >= 15 is 0 Å². The number of rotatable bonds is 6. The van der Waals surface area contributed by atoms with E-state index in [0.717, 1.165) is 6.42 Å². The molecule has 0 amide bonds. The van der Waals surface area contributed by atoms with E-state index < -0.39 is 5.91 Å². The zero-order valence-electron chi connectivity index (χ0n) is 7.22. The minimum absolute atomic E-state index is 0.0686. The molecule has 1 atom stereocenters. The summed E-state index contributed by atoms with van der Waals surface area (Å²) < 4.78 is 10.2. The van der Waals surface area contributed by atoms with Gasteiger partial charge in [0.15, 0.2) is 0 Å². The molecule has 0 spiro atoms. The van der Waals surface area contributed by atoms with Crippen LogP contribution in [0.4, 0.5) is 0 Å². The summed E-state index contributed by atoms with van der Waals surface area (Å²) in [5, 5.41) is 0. The van der Waals surface area contributed by atoms with E-state index in [2.05, 4.69) is 0 Å². The number of hydrogen-bond acceptors (Lipinski definition) is 3. The highest BCUT2D eigenvalue weighted by Gasteiger charge is 2.23. The molecule has 0 aliphatic heterocycles. The van der Waals surface area contributed by atoms with Crippen LogP contribution in [-0.4, -0.2) is 25.7 Å². The van der Waals surface area contributed by atoms with Crippen molar-refractivity contribution in [2.45, 2.75) is 26.2 Å². The van der Waals surface area contributed by atoms with Gasteiger partial charge in [0.1, 0.15) is 0 Å². The fraction of sp³-hybridized carbons (Fsp3) is 1.00. The molecule has 0 saturated carbocycles. The van der Waals surface area contributed by atoms with Crippen molar-refractivity contribution in [3.05, 3.63) is 0 Å². The molecule has 3 N–H and O–H groups in total. The number of nitrogens with one attached hydrogen (secondary N) is 1. The molecule has 0 fully saturated rings. The van der Waals surface area contributed by atoms with Gasteiger partial charge in [-0.25, -0.2) is 0 Å². The summed E-state index contributed by atoms with van der Waals surface area (Å²) in [6.07, 6.45) is 0.881. The topological polar surface area (TPSA) is 68.3 Å². The molecule has 1 radical (unpaired) electrons. The Labute approximate surface area is 67.8 Å². The maximum absolute atomic E-state index is 7.06. The standard InChI is InChI=1S/C7H17N2O2/c1-3-5-11-7(9,6-8)10-4-2/h8H,3-6,9H2,1-2H3. The van der Waals surface area contributed by atoms with Gasteiger partial charge >= 0.3 is 0 Å². The van der Waals surface area contributed by atoms with Crippen LogP contribution < -0.4 is 11.5 Å². The molecule has 0 aromatic rings. The highest BCUT2D eigenvalue weighted by molar-refractivity contribution is 4.60. The molecule has 0 aliphatic rings. The monoisotopic (exact) mass is 161 g/mol. The molecular formula is C7H17N2O2. The summed E-state index contributed by atoms with van der Waals surface area (Å²) >= 11 is 0. The molecule has 4 heteroatoms. The lowest BCUT2D eigenvalue weighted by molar-refractivity contribution is -0.225. The average molecular weight is 161 g/mol. The van der Waals surface area contributed by atoms with Gasteiger partial charge in [-0.1, -0.05) is 6.92 Å². The second-order valence-electron chi connectivity index (χ2n) is 2.27. The predicted molar refractivity (Wildman–Crippen MR) is 42.8 cm³/mol. The Morgan fingerprint density at radius 3 is 2.36 bits per heavy atom. The third kappa shape index (κ3) is 4.31. The molecule has 0 heterocycles. The molecule has 67 valence electrons. The first-order valence-electron chi connectivity index (χ1n) is 3.90. The summed E-state index contributed by atoms with van der Waals surface area (Å²) in [5.41, 5.74) is 12.6. The zero-order chi connectivity index (χ0) is 8.74. The Balaban J connectivity index is 3.68. The number of ether oxygens (including phenoxy) is 2. The van der Waals surface area contributed by atoms with Gasteiger partial charge in [0.2, 0.25) is 5.91 Å². The lowest BCUT2D eigenvalue weighted by atomic mass is 10.4. The second kappa shape index (κ2) is 5.49. The maximum Gasteiger partial charge on any atom is 0.239 e. The molecule has 0 aromatic carbocycles. The van der Waals surface area contributed by atoms with Crippen molar-refractivity contribution in [3.63, 3.8) is 0 Å². The summed E-state index contributed by atoms with van der Waals surface area (Å²) in [6.45, 7) is 4.75. The first kappa shape index (κ1) is 10.8. The first-order valence-corrected chi connectivity index (χ1v) is 3.90.